The minimum Gasteiger partial charge on any atom is -0.349 e. The Balaban J connectivity index is 2.08. The summed E-state index contributed by atoms with van der Waals surface area (Å²) in [4.78, 5) is 12.6. The molecule has 20 heavy (non-hydrogen) atoms. The molecule has 1 heterocycles. The summed E-state index contributed by atoms with van der Waals surface area (Å²) in [5.74, 6) is 0.107. The fourth-order valence-electron chi connectivity index (χ4n) is 3.12. The molecular weight excluding hydrogens is 252 g/mol. The molecule has 2 rings (SSSR count). The zero-order valence-corrected chi connectivity index (χ0v) is 12.8. The highest BCUT2D eigenvalue weighted by Crippen LogP contribution is 2.36. The van der Waals surface area contributed by atoms with E-state index in [0.29, 0.717) is 6.54 Å². The number of hydrogen-bond donors (Lipinski definition) is 2. The molecule has 1 amide bonds. The lowest BCUT2D eigenvalue weighted by atomic mass is 9.73. The standard InChI is InChI=1S/C15H26N4O/c1-11(13-9-17-19(3)12(13)2)18-14(20)15(10-16)7-5-4-6-8-15/h9,11H,4-8,10,16H2,1-3H3,(H,18,20). The number of nitrogens with two attached hydrogens (primary N) is 1. The third kappa shape index (κ3) is 2.73. The summed E-state index contributed by atoms with van der Waals surface area (Å²) in [6, 6.07) is -0.0263. The van der Waals surface area contributed by atoms with Crippen LogP contribution in [0.25, 0.3) is 0 Å². The van der Waals surface area contributed by atoms with Gasteiger partial charge in [0.2, 0.25) is 5.91 Å². The molecule has 0 saturated heterocycles. The van der Waals surface area contributed by atoms with Crippen molar-refractivity contribution in [3.63, 3.8) is 0 Å². The summed E-state index contributed by atoms with van der Waals surface area (Å²) in [6.45, 7) is 4.47. The highest BCUT2D eigenvalue weighted by molar-refractivity contribution is 5.83. The number of carbonyl (C=O) groups is 1. The molecule has 5 nitrogen and oxygen atoms in total. The Labute approximate surface area is 120 Å². The second kappa shape index (κ2) is 5.95. The summed E-state index contributed by atoms with van der Waals surface area (Å²) in [5.41, 5.74) is 7.71. The molecule has 1 aromatic heterocycles. The van der Waals surface area contributed by atoms with E-state index in [1.54, 1.807) is 0 Å². The lowest BCUT2D eigenvalue weighted by molar-refractivity contribution is -0.133. The number of amides is 1. The molecule has 1 saturated carbocycles. The van der Waals surface area contributed by atoms with Gasteiger partial charge in [-0.25, -0.2) is 0 Å². The van der Waals surface area contributed by atoms with Crippen LogP contribution < -0.4 is 11.1 Å². The molecule has 1 aromatic rings. The van der Waals surface area contributed by atoms with Crippen LogP contribution in [-0.2, 0) is 11.8 Å². The second-order valence-electron chi connectivity index (χ2n) is 6.05. The van der Waals surface area contributed by atoms with Crippen molar-refractivity contribution >= 4 is 5.91 Å². The molecular formula is C15H26N4O. The van der Waals surface area contributed by atoms with Crippen LogP contribution >= 0.6 is 0 Å². The van der Waals surface area contributed by atoms with Gasteiger partial charge in [-0.15, -0.1) is 0 Å². The first-order chi connectivity index (χ1) is 9.50. The van der Waals surface area contributed by atoms with Gasteiger partial charge in [-0.05, 0) is 26.7 Å². The second-order valence-corrected chi connectivity index (χ2v) is 6.05. The molecule has 0 spiro atoms. The largest absolute Gasteiger partial charge is 0.349 e. The zero-order valence-electron chi connectivity index (χ0n) is 12.8. The third-order valence-electron chi connectivity index (χ3n) is 4.77. The van der Waals surface area contributed by atoms with Crippen molar-refractivity contribution in [3.8, 4) is 0 Å². The summed E-state index contributed by atoms with van der Waals surface area (Å²) >= 11 is 0. The van der Waals surface area contributed by atoms with Crippen molar-refractivity contribution in [2.75, 3.05) is 6.54 Å². The minimum atomic E-state index is -0.359. The lowest BCUT2D eigenvalue weighted by Gasteiger charge is -2.35. The normalized spacial score (nSPS) is 19.6. The Morgan fingerprint density at radius 2 is 2.15 bits per heavy atom. The molecule has 3 N–H and O–H groups in total. The Bertz CT molecular complexity index is 474. The van der Waals surface area contributed by atoms with Gasteiger partial charge < -0.3 is 11.1 Å². The van der Waals surface area contributed by atoms with Crippen molar-refractivity contribution in [2.24, 2.45) is 18.2 Å². The number of nitrogens with zero attached hydrogens (tertiary/aromatic N) is 2. The Morgan fingerprint density at radius 3 is 2.65 bits per heavy atom. The molecule has 1 unspecified atom stereocenters. The van der Waals surface area contributed by atoms with Gasteiger partial charge in [0.05, 0.1) is 17.7 Å². The Kier molecular flexibility index (Phi) is 4.48. The van der Waals surface area contributed by atoms with Gasteiger partial charge in [-0.1, -0.05) is 19.3 Å². The number of nitrogens with one attached hydrogen (secondary N) is 1. The van der Waals surface area contributed by atoms with Crippen molar-refractivity contribution < 1.29 is 4.79 Å². The Morgan fingerprint density at radius 1 is 1.50 bits per heavy atom. The highest BCUT2D eigenvalue weighted by atomic mass is 16.2. The van der Waals surface area contributed by atoms with E-state index in [9.17, 15) is 4.79 Å². The highest BCUT2D eigenvalue weighted by Gasteiger charge is 2.38. The molecule has 1 aliphatic rings. The van der Waals surface area contributed by atoms with Crippen LogP contribution in [0, 0.1) is 12.3 Å². The van der Waals surface area contributed by atoms with E-state index in [4.69, 9.17) is 5.73 Å². The molecule has 0 bridgehead atoms. The predicted octanol–water partition coefficient (Wildman–Crippen LogP) is 1.81. The fraction of sp³-hybridized carbons (Fsp3) is 0.733. The first-order valence-electron chi connectivity index (χ1n) is 7.50. The van der Waals surface area contributed by atoms with E-state index in [0.717, 1.165) is 36.9 Å². The molecule has 5 heteroatoms. The average Bonchev–Trinajstić information content (AvgIpc) is 2.79. The summed E-state index contributed by atoms with van der Waals surface area (Å²) in [5, 5.41) is 7.37. The maximum absolute atomic E-state index is 12.6. The number of rotatable bonds is 4. The van der Waals surface area contributed by atoms with E-state index >= 15 is 0 Å². The van der Waals surface area contributed by atoms with Gasteiger partial charge in [-0.2, -0.15) is 5.10 Å². The fourth-order valence-corrected chi connectivity index (χ4v) is 3.12. The van der Waals surface area contributed by atoms with Gasteiger partial charge in [-0.3, -0.25) is 9.48 Å². The number of aryl methyl sites for hydroxylation is 1. The SMILES string of the molecule is Cc1c(C(C)NC(=O)C2(CN)CCCCC2)cnn1C. The van der Waals surface area contributed by atoms with Crippen LogP contribution in [0.15, 0.2) is 6.20 Å². The van der Waals surface area contributed by atoms with Crippen molar-refractivity contribution in [3.05, 3.63) is 17.5 Å². The molecule has 0 aromatic carbocycles. The van der Waals surface area contributed by atoms with Crippen LogP contribution in [0.5, 0.6) is 0 Å². The quantitative estimate of drug-likeness (QED) is 0.882. The predicted molar refractivity (Wildman–Crippen MR) is 79.1 cm³/mol. The molecule has 0 aliphatic heterocycles. The topological polar surface area (TPSA) is 72.9 Å². The minimum absolute atomic E-state index is 0.0263. The monoisotopic (exact) mass is 278 g/mol. The average molecular weight is 278 g/mol. The molecule has 112 valence electrons. The summed E-state index contributed by atoms with van der Waals surface area (Å²) in [7, 11) is 1.91. The first kappa shape index (κ1) is 15.0. The smallest absolute Gasteiger partial charge is 0.227 e. The third-order valence-corrected chi connectivity index (χ3v) is 4.77. The maximum Gasteiger partial charge on any atom is 0.227 e. The summed E-state index contributed by atoms with van der Waals surface area (Å²) < 4.78 is 1.83. The summed E-state index contributed by atoms with van der Waals surface area (Å²) in [6.07, 6.45) is 7.07. The van der Waals surface area contributed by atoms with Crippen LogP contribution in [0.2, 0.25) is 0 Å². The van der Waals surface area contributed by atoms with Gasteiger partial charge in [0.15, 0.2) is 0 Å². The molecule has 1 atom stereocenters. The number of carbonyl (C=O) groups excluding carboxylic acids is 1. The van der Waals surface area contributed by atoms with Crippen LogP contribution in [-0.4, -0.2) is 22.2 Å². The van der Waals surface area contributed by atoms with Gasteiger partial charge >= 0.3 is 0 Å². The van der Waals surface area contributed by atoms with E-state index in [1.807, 2.05) is 31.8 Å². The van der Waals surface area contributed by atoms with Gasteiger partial charge in [0, 0.05) is 24.8 Å². The van der Waals surface area contributed by atoms with Gasteiger partial charge in [0.1, 0.15) is 0 Å². The van der Waals surface area contributed by atoms with Crippen LogP contribution in [0.1, 0.15) is 56.3 Å². The lowest BCUT2D eigenvalue weighted by Crippen LogP contribution is -2.47. The van der Waals surface area contributed by atoms with E-state index in [1.165, 1.54) is 6.42 Å². The molecule has 1 aliphatic carbocycles. The first-order valence-corrected chi connectivity index (χ1v) is 7.50. The van der Waals surface area contributed by atoms with Crippen molar-refractivity contribution in [2.45, 2.75) is 52.0 Å². The molecule has 0 radical (unpaired) electrons. The van der Waals surface area contributed by atoms with Crippen molar-refractivity contribution in [1.82, 2.24) is 15.1 Å². The molecule has 1 fully saturated rings. The number of aromatic nitrogens is 2. The number of hydrogen-bond acceptors (Lipinski definition) is 3. The zero-order chi connectivity index (χ0) is 14.8. The van der Waals surface area contributed by atoms with Crippen molar-refractivity contribution in [1.29, 1.82) is 0 Å². The van der Waals surface area contributed by atoms with E-state index < -0.39 is 0 Å². The van der Waals surface area contributed by atoms with Crippen LogP contribution in [0.4, 0.5) is 0 Å². The Hall–Kier alpha value is -1.36. The van der Waals surface area contributed by atoms with E-state index in [2.05, 4.69) is 10.4 Å². The van der Waals surface area contributed by atoms with Gasteiger partial charge in [0.25, 0.3) is 0 Å². The van der Waals surface area contributed by atoms with E-state index in [-0.39, 0.29) is 17.4 Å². The maximum atomic E-state index is 12.6. The van der Waals surface area contributed by atoms with Crippen LogP contribution in [0.3, 0.4) is 0 Å².